The lowest BCUT2D eigenvalue weighted by Crippen LogP contribution is -2.53. The normalized spacial score (nSPS) is 27.8. The van der Waals surface area contributed by atoms with Gasteiger partial charge in [-0.25, -0.2) is 0 Å². The minimum Gasteiger partial charge on any atom is -0.390 e. The van der Waals surface area contributed by atoms with Gasteiger partial charge in [0.15, 0.2) is 0 Å². The van der Waals surface area contributed by atoms with E-state index < -0.39 is 5.60 Å². The first kappa shape index (κ1) is 15.8. The Bertz CT molecular complexity index is 672. The molecule has 2 aliphatic rings. The number of rotatable bonds is 4. The number of piperidine rings is 1. The summed E-state index contributed by atoms with van der Waals surface area (Å²) in [5.74, 6) is 1.78. The Hall–Kier alpha value is -1.72. The number of aliphatic hydroxyl groups is 1. The highest BCUT2D eigenvalue weighted by molar-refractivity contribution is 5.53. The predicted octanol–water partition coefficient (Wildman–Crippen LogP) is 2.91. The van der Waals surface area contributed by atoms with Gasteiger partial charge in [0.1, 0.15) is 0 Å². The van der Waals surface area contributed by atoms with Crippen LogP contribution in [0.4, 0.5) is 0 Å². The number of nitrogens with zero attached hydrogens (tertiary/aromatic N) is 3. The number of fused-ring (bicyclic) bond motifs is 1. The number of hydrogen-bond acceptors (Lipinski definition) is 5. The fourth-order valence-electron chi connectivity index (χ4n) is 4.16. The molecule has 2 fully saturated rings. The molecular weight excluding hydrogens is 302 g/mol. The third-order valence-electron chi connectivity index (χ3n) is 5.65. The first-order valence-corrected chi connectivity index (χ1v) is 9.06. The number of benzene rings is 1. The average Bonchev–Trinajstić information content (AvgIpc) is 3.09. The third kappa shape index (κ3) is 3.23. The molecule has 5 heteroatoms. The Balaban J connectivity index is 1.34. The highest BCUT2D eigenvalue weighted by Gasteiger charge is 2.42. The summed E-state index contributed by atoms with van der Waals surface area (Å²) in [5, 5.41) is 14.8. The molecule has 2 heterocycles. The first-order valence-electron chi connectivity index (χ1n) is 9.06. The van der Waals surface area contributed by atoms with Crippen LogP contribution in [0.5, 0.6) is 0 Å². The molecule has 1 aliphatic heterocycles. The second kappa shape index (κ2) is 6.65. The topological polar surface area (TPSA) is 62.4 Å². The zero-order valence-corrected chi connectivity index (χ0v) is 14.0. The molecule has 1 aliphatic carbocycles. The van der Waals surface area contributed by atoms with E-state index in [2.05, 4.69) is 15.0 Å². The standard InChI is InChI=1S/C19H25N3O2/c23-19-10-5-4-8-16(19)14-22(13-11-19)12-9-17-20-18(21-24-17)15-6-2-1-3-7-15/h1-3,6-7,16,23H,4-5,8-14H2. The second-order valence-corrected chi connectivity index (χ2v) is 7.22. The first-order chi connectivity index (χ1) is 11.7. The molecule has 0 spiro atoms. The van der Waals surface area contributed by atoms with Crippen LogP contribution in [0.2, 0.25) is 0 Å². The lowest BCUT2D eigenvalue weighted by atomic mass is 9.71. The molecule has 2 atom stereocenters. The zero-order chi connectivity index (χ0) is 16.4. The van der Waals surface area contributed by atoms with Crippen molar-refractivity contribution in [2.75, 3.05) is 19.6 Å². The van der Waals surface area contributed by atoms with Crippen molar-refractivity contribution in [2.24, 2.45) is 5.92 Å². The SMILES string of the molecule is OC12CCCCC1CN(CCc1nc(-c3ccccc3)no1)CC2. The maximum absolute atomic E-state index is 10.8. The van der Waals surface area contributed by atoms with Gasteiger partial charge in [-0.1, -0.05) is 48.3 Å². The van der Waals surface area contributed by atoms with E-state index in [1.54, 1.807) is 0 Å². The summed E-state index contributed by atoms with van der Waals surface area (Å²) >= 11 is 0. The molecule has 0 amide bonds. The van der Waals surface area contributed by atoms with Crippen LogP contribution in [0, 0.1) is 5.92 Å². The average molecular weight is 327 g/mol. The molecule has 0 radical (unpaired) electrons. The zero-order valence-electron chi connectivity index (χ0n) is 14.0. The Labute approximate surface area is 142 Å². The van der Waals surface area contributed by atoms with Crippen molar-refractivity contribution in [2.45, 2.75) is 44.1 Å². The Morgan fingerprint density at radius 3 is 2.96 bits per heavy atom. The molecule has 4 rings (SSSR count). The van der Waals surface area contributed by atoms with E-state index in [0.717, 1.165) is 50.9 Å². The summed E-state index contributed by atoms with van der Waals surface area (Å²) in [6.45, 7) is 2.88. The number of aromatic nitrogens is 2. The fourth-order valence-corrected chi connectivity index (χ4v) is 4.16. The molecule has 2 unspecified atom stereocenters. The van der Waals surface area contributed by atoms with E-state index in [1.165, 1.54) is 12.8 Å². The summed E-state index contributed by atoms with van der Waals surface area (Å²) in [4.78, 5) is 6.95. The summed E-state index contributed by atoms with van der Waals surface area (Å²) in [7, 11) is 0. The van der Waals surface area contributed by atoms with Crippen molar-refractivity contribution in [3.05, 3.63) is 36.2 Å². The van der Waals surface area contributed by atoms with E-state index in [4.69, 9.17) is 4.52 Å². The minimum atomic E-state index is -0.403. The smallest absolute Gasteiger partial charge is 0.228 e. The van der Waals surface area contributed by atoms with Gasteiger partial charge in [0.05, 0.1) is 5.60 Å². The van der Waals surface area contributed by atoms with Crippen molar-refractivity contribution in [1.29, 1.82) is 0 Å². The van der Waals surface area contributed by atoms with Gasteiger partial charge in [-0.2, -0.15) is 4.98 Å². The Morgan fingerprint density at radius 1 is 1.21 bits per heavy atom. The van der Waals surface area contributed by atoms with Crippen molar-refractivity contribution in [1.82, 2.24) is 15.0 Å². The van der Waals surface area contributed by atoms with E-state index in [1.807, 2.05) is 30.3 Å². The Morgan fingerprint density at radius 2 is 2.08 bits per heavy atom. The van der Waals surface area contributed by atoms with Crippen molar-refractivity contribution < 1.29 is 9.63 Å². The minimum absolute atomic E-state index is 0.403. The van der Waals surface area contributed by atoms with Crippen molar-refractivity contribution in [3.8, 4) is 11.4 Å². The van der Waals surface area contributed by atoms with Gasteiger partial charge in [-0.15, -0.1) is 0 Å². The molecule has 1 N–H and O–H groups in total. The molecule has 0 bridgehead atoms. The second-order valence-electron chi connectivity index (χ2n) is 7.22. The van der Waals surface area contributed by atoms with Crippen LogP contribution < -0.4 is 0 Å². The maximum atomic E-state index is 10.8. The molecule has 1 aromatic carbocycles. The van der Waals surface area contributed by atoms with E-state index >= 15 is 0 Å². The van der Waals surface area contributed by atoms with Gasteiger partial charge in [0, 0.05) is 37.5 Å². The van der Waals surface area contributed by atoms with Crippen LogP contribution in [-0.2, 0) is 6.42 Å². The van der Waals surface area contributed by atoms with Crippen molar-refractivity contribution in [3.63, 3.8) is 0 Å². The van der Waals surface area contributed by atoms with Crippen LogP contribution in [0.25, 0.3) is 11.4 Å². The van der Waals surface area contributed by atoms with E-state index in [9.17, 15) is 5.11 Å². The molecular formula is C19H25N3O2. The molecule has 1 saturated heterocycles. The molecule has 5 nitrogen and oxygen atoms in total. The van der Waals surface area contributed by atoms with Crippen LogP contribution in [0.3, 0.4) is 0 Å². The number of likely N-dealkylation sites (tertiary alicyclic amines) is 1. The fraction of sp³-hybridized carbons (Fsp3) is 0.579. The molecule has 1 aromatic heterocycles. The highest BCUT2D eigenvalue weighted by atomic mass is 16.5. The summed E-state index contributed by atoms with van der Waals surface area (Å²) in [6, 6.07) is 9.91. The van der Waals surface area contributed by atoms with Crippen LogP contribution in [0.1, 0.15) is 38.0 Å². The molecule has 1 saturated carbocycles. The largest absolute Gasteiger partial charge is 0.390 e. The Kier molecular flexibility index (Phi) is 4.37. The lowest BCUT2D eigenvalue weighted by Gasteiger charge is -2.47. The van der Waals surface area contributed by atoms with Crippen LogP contribution in [-0.4, -0.2) is 45.4 Å². The molecule has 24 heavy (non-hydrogen) atoms. The summed E-state index contributed by atoms with van der Waals surface area (Å²) in [6.07, 6.45) is 6.24. The third-order valence-corrected chi connectivity index (χ3v) is 5.65. The monoisotopic (exact) mass is 327 g/mol. The highest BCUT2D eigenvalue weighted by Crippen LogP contribution is 2.39. The van der Waals surface area contributed by atoms with Gasteiger partial charge in [0.25, 0.3) is 0 Å². The van der Waals surface area contributed by atoms with Crippen molar-refractivity contribution >= 4 is 0 Å². The van der Waals surface area contributed by atoms with Crippen LogP contribution >= 0.6 is 0 Å². The summed E-state index contributed by atoms with van der Waals surface area (Å²) < 4.78 is 5.40. The molecule has 2 aromatic rings. The quantitative estimate of drug-likeness (QED) is 0.935. The van der Waals surface area contributed by atoms with Gasteiger partial charge < -0.3 is 14.5 Å². The van der Waals surface area contributed by atoms with Gasteiger partial charge in [0.2, 0.25) is 11.7 Å². The summed E-state index contributed by atoms with van der Waals surface area (Å²) in [5.41, 5.74) is 0.581. The van der Waals surface area contributed by atoms with E-state index in [-0.39, 0.29) is 0 Å². The molecule has 128 valence electrons. The number of hydrogen-bond donors (Lipinski definition) is 1. The van der Waals surface area contributed by atoms with Gasteiger partial charge in [-0.05, 0) is 19.3 Å². The lowest BCUT2D eigenvalue weighted by molar-refractivity contribution is -0.0951. The van der Waals surface area contributed by atoms with Gasteiger partial charge >= 0.3 is 0 Å². The van der Waals surface area contributed by atoms with Gasteiger partial charge in [-0.3, -0.25) is 0 Å². The maximum Gasteiger partial charge on any atom is 0.228 e. The van der Waals surface area contributed by atoms with E-state index in [0.29, 0.717) is 17.6 Å². The van der Waals surface area contributed by atoms with Crippen LogP contribution in [0.15, 0.2) is 34.9 Å². The predicted molar refractivity (Wildman–Crippen MR) is 91.4 cm³/mol.